The number of aryl methyl sites for hydroxylation is 1. The van der Waals surface area contributed by atoms with Crippen molar-refractivity contribution in [3.05, 3.63) is 93.7 Å². The van der Waals surface area contributed by atoms with Crippen LogP contribution in [0.25, 0.3) is 0 Å². The van der Waals surface area contributed by atoms with E-state index in [1.54, 1.807) is 49.4 Å². The van der Waals surface area contributed by atoms with Gasteiger partial charge in [0.05, 0.1) is 20.6 Å². The largest absolute Gasteiger partial charge is 0.357 e. The summed E-state index contributed by atoms with van der Waals surface area (Å²) in [6, 6.07) is 14.8. The second kappa shape index (κ2) is 11.9. The minimum absolute atomic E-state index is 0.0252. The molecule has 2 amide bonds. The Morgan fingerprint density at radius 3 is 2.16 bits per heavy atom. The van der Waals surface area contributed by atoms with Crippen LogP contribution in [-0.2, 0) is 26.2 Å². The summed E-state index contributed by atoms with van der Waals surface area (Å²) in [5.74, 6) is -1.66. The molecule has 0 fully saturated rings. The molecule has 1 unspecified atom stereocenters. The zero-order valence-corrected chi connectivity index (χ0v) is 22.7. The molecule has 0 spiro atoms. The molecule has 3 aromatic carbocycles. The number of nitrogens with zero attached hydrogens (tertiary/aromatic N) is 2. The van der Waals surface area contributed by atoms with Gasteiger partial charge in [0.15, 0.2) is 0 Å². The Labute approximate surface area is 225 Å². The first kappa shape index (κ1) is 28.4. The molecule has 1 N–H and O–H groups in total. The van der Waals surface area contributed by atoms with E-state index in [9.17, 15) is 22.4 Å². The smallest absolute Gasteiger partial charge is 0.264 e. The molecular weight excluding hydrogens is 540 g/mol. The number of carbonyl (C=O) groups excluding carboxylic acids is 2. The van der Waals surface area contributed by atoms with E-state index in [-0.39, 0.29) is 22.2 Å². The molecule has 196 valence electrons. The quantitative estimate of drug-likeness (QED) is 0.403. The highest BCUT2D eigenvalue weighted by Gasteiger charge is 2.32. The molecule has 0 aromatic heterocycles. The maximum Gasteiger partial charge on any atom is 0.264 e. The van der Waals surface area contributed by atoms with Crippen LogP contribution in [0.3, 0.4) is 0 Å². The van der Waals surface area contributed by atoms with Crippen molar-refractivity contribution in [3.8, 4) is 0 Å². The van der Waals surface area contributed by atoms with Crippen molar-refractivity contribution < 1.29 is 22.4 Å². The molecule has 0 aliphatic heterocycles. The van der Waals surface area contributed by atoms with E-state index in [0.29, 0.717) is 10.6 Å². The summed E-state index contributed by atoms with van der Waals surface area (Å²) in [6.07, 6.45) is 0. The molecular formula is C26H26Cl2FN3O4S. The summed E-state index contributed by atoms with van der Waals surface area (Å²) < 4.78 is 41.7. The van der Waals surface area contributed by atoms with Crippen molar-refractivity contribution in [1.82, 2.24) is 10.2 Å². The predicted molar refractivity (Wildman–Crippen MR) is 143 cm³/mol. The van der Waals surface area contributed by atoms with Crippen LogP contribution in [0.15, 0.2) is 71.6 Å². The van der Waals surface area contributed by atoms with Crippen LogP contribution in [0.2, 0.25) is 10.0 Å². The fourth-order valence-corrected chi connectivity index (χ4v) is 5.33. The van der Waals surface area contributed by atoms with E-state index in [2.05, 4.69) is 5.32 Å². The lowest BCUT2D eigenvalue weighted by Crippen LogP contribution is -2.50. The monoisotopic (exact) mass is 565 g/mol. The topological polar surface area (TPSA) is 86.8 Å². The van der Waals surface area contributed by atoms with Gasteiger partial charge in [0.1, 0.15) is 18.4 Å². The van der Waals surface area contributed by atoms with Crippen LogP contribution < -0.4 is 9.62 Å². The van der Waals surface area contributed by atoms with Crippen molar-refractivity contribution in [2.75, 3.05) is 17.9 Å². The molecule has 3 aromatic rings. The number of hydrogen-bond acceptors (Lipinski definition) is 4. The third-order valence-corrected chi connectivity index (χ3v) is 8.28. The number of amides is 2. The van der Waals surface area contributed by atoms with E-state index in [0.717, 1.165) is 34.1 Å². The van der Waals surface area contributed by atoms with Gasteiger partial charge < -0.3 is 10.2 Å². The number of carbonyl (C=O) groups is 2. The fraction of sp³-hybridized carbons (Fsp3) is 0.231. The average molecular weight is 566 g/mol. The van der Waals surface area contributed by atoms with E-state index in [4.69, 9.17) is 23.2 Å². The maximum atomic E-state index is 13.7. The highest BCUT2D eigenvalue weighted by Crippen LogP contribution is 2.26. The zero-order valence-electron chi connectivity index (χ0n) is 20.4. The first-order valence-electron chi connectivity index (χ1n) is 11.2. The Balaban J connectivity index is 2.03. The lowest BCUT2D eigenvalue weighted by molar-refractivity contribution is -0.139. The lowest BCUT2D eigenvalue weighted by Gasteiger charge is -2.31. The van der Waals surface area contributed by atoms with Crippen LogP contribution in [0, 0.1) is 12.7 Å². The van der Waals surface area contributed by atoms with Crippen molar-refractivity contribution in [3.63, 3.8) is 0 Å². The van der Waals surface area contributed by atoms with Crippen molar-refractivity contribution in [2.45, 2.75) is 31.3 Å². The molecule has 0 bridgehead atoms. The van der Waals surface area contributed by atoms with Crippen molar-refractivity contribution in [2.24, 2.45) is 0 Å². The maximum absolute atomic E-state index is 13.7. The second-order valence-corrected chi connectivity index (χ2v) is 11.0. The molecule has 37 heavy (non-hydrogen) atoms. The van der Waals surface area contributed by atoms with Crippen LogP contribution in [0.1, 0.15) is 18.1 Å². The molecule has 0 aliphatic carbocycles. The highest BCUT2D eigenvalue weighted by molar-refractivity contribution is 7.92. The van der Waals surface area contributed by atoms with Gasteiger partial charge in [0.25, 0.3) is 10.0 Å². The number of rotatable bonds is 9. The molecule has 0 heterocycles. The van der Waals surface area contributed by atoms with Gasteiger partial charge in [0.2, 0.25) is 11.8 Å². The second-order valence-electron chi connectivity index (χ2n) is 8.36. The summed E-state index contributed by atoms with van der Waals surface area (Å²) in [7, 11) is -2.83. The summed E-state index contributed by atoms with van der Waals surface area (Å²) in [5, 5.41) is 3.12. The summed E-state index contributed by atoms with van der Waals surface area (Å²) >= 11 is 12.1. The zero-order chi connectivity index (χ0) is 27.3. The number of sulfonamides is 1. The third-order valence-electron chi connectivity index (χ3n) is 5.75. The lowest BCUT2D eigenvalue weighted by atomic mass is 10.1. The van der Waals surface area contributed by atoms with Gasteiger partial charge in [-0.2, -0.15) is 0 Å². The molecule has 0 aliphatic rings. The number of likely N-dealkylation sites (N-methyl/N-ethyl adjacent to an activating group) is 1. The SMILES string of the molecule is CNC(=O)C(C)N(Cc1ccc(Cl)c(Cl)c1)C(=O)CN(c1ccc(C)cc1)S(=O)(=O)c1ccc(F)cc1. The Kier molecular flexibility index (Phi) is 9.17. The van der Waals surface area contributed by atoms with Gasteiger partial charge in [0, 0.05) is 13.6 Å². The predicted octanol–water partition coefficient (Wildman–Crippen LogP) is 4.80. The Bertz CT molecular complexity index is 1380. The van der Waals surface area contributed by atoms with Crippen molar-refractivity contribution >= 4 is 50.7 Å². The number of hydrogen-bond donors (Lipinski definition) is 1. The van der Waals surface area contributed by atoms with Crippen LogP contribution in [0.4, 0.5) is 10.1 Å². The summed E-state index contributed by atoms with van der Waals surface area (Å²) in [5.41, 5.74) is 1.73. The summed E-state index contributed by atoms with van der Waals surface area (Å²) in [4.78, 5) is 27.2. The van der Waals surface area contributed by atoms with Crippen LogP contribution in [-0.4, -0.2) is 44.8 Å². The van der Waals surface area contributed by atoms with Crippen LogP contribution >= 0.6 is 23.2 Å². The number of halogens is 3. The fourth-order valence-electron chi connectivity index (χ4n) is 3.60. The first-order chi connectivity index (χ1) is 17.4. The molecule has 0 radical (unpaired) electrons. The minimum Gasteiger partial charge on any atom is -0.357 e. The standard InChI is InChI=1S/C26H26Cl2FN3O4S/c1-17-4-9-21(10-5-17)32(37(35,36)22-11-7-20(29)8-12-22)16-25(33)31(18(2)26(34)30-3)15-19-6-13-23(27)24(28)14-19/h4-14,18H,15-16H2,1-3H3,(H,30,34). The van der Waals surface area contributed by atoms with Gasteiger partial charge in [-0.3, -0.25) is 13.9 Å². The third kappa shape index (κ3) is 6.80. The normalized spacial score (nSPS) is 12.1. The molecule has 1 atom stereocenters. The van der Waals surface area contributed by atoms with Gasteiger partial charge in [-0.1, -0.05) is 47.0 Å². The molecule has 0 saturated heterocycles. The Morgan fingerprint density at radius 2 is 1.59 bits per heavy atom. The van der Waals surface area contributed by atoms with E-state index < -0.39 is 40.2 Å². The van der Waals surface area contributed by atoms with Gasteiger partial charge >= 0.3 is 0 Å². The molecule has 11 heteroatoms. The Morgan fingerprint density at radius 1 is 0.973 bits per heavy atom. The molecule has 7 nitrogen and oxygen atoms in total. The number of anilines is 1. The van der Waals surface area contributed by atoms with Crippen LogP contribution in [0.5, 0.6) is 0 Å². The highest BCUT2D eigenvalue weighted by atomic mass is 35.5. The van der Waals surface area contributed by atoms with Crippen molar-refractivity contribution in [1.29, 1.82) is 0 Å². The van der Waals surface area contributed by atoms with Gasteiger partial charge in [-0.15, -0.1) is 0 Å². The van der Waals surface area contributed by atoms with Gasteiger partial charge in [-0.05, 0) is 67.9 Å². The average Bonchev–Trinajstić information content (AvgIpc) is 2.87. The van der Waals surface area contributed by atoms with E-state index in [1.807, 2.05) is 6.92 Å². The van der Waals surface area contributed by atoms with E-state index in [1.165, 1.54) is 11.9 Å². The molecule has 0 saturated carbocycles. The number of nitrogens with one attached hydrogen (secondary N) is 1. The first-order valence-corrected chi connectivity index (χ1v) is 13.4. The molecule has 3 rings (SSSR count). The minimum atomic E-state index is -4.27. The summed E-state index contributed by atoms with van der Waals surface area (Å²) in [6.45, 7) is 2.75. The van der Waals surface area contributed by atoms with E-state index >= 15 is 0 Å². The number of benzene rings is 3. The Hall–Kier alpha value is -3.14. The van der Waals surface area contributed by atoms with Gasteiger partial charge in [-0.25, -0.2) is 12.8 Å².